The van der Waals surface area contributed by atoms with Crippen LogP contribution in [-0.2, 0) is 5.60 Å². The molecule has 0 saturated heterocycles. The third kappa shape index (κ3) is 1.95. The number of hydrogen-bond acceptors (Lipinski definition) is 5. The SMILES string of the molecule is Cc1cc([N+](=O)[O-])c2c(C)ccc3c2c1OCC3(O)CCO. The Morgan fingerprint density at radius 2 is 2.05 bits per heavy atom. The highest BCUT2D eigenvalue weighted by molar-refractivity contribution is 6.02. The van der Waals surface area contributed by atoms with Crippen LogP contribution in [0.3, 0.4) is 0 Å². The van der Waals surface area contributed by atoms with Crippen LogP contribution in [-0.4, -0.2) is 28.4 Å². The summed E-state index contributed by atoms with van der Waals surface area (Å²) in [4.78, 5) is 11.0. The van der Waals surface area contributed by atoms with Crippen LogP contribution in [0.25, 0.3) is 10.8 Å². The van der Waals surface area contributed by atoms with Gasteiger partial charge in [0.05, 0.1) is 10.3 Å². The van der Waals surface area contributed by atoms with E-state index in [9.17, 15) is 20.3 Å². The quantitative estimate of drug-likeness (QED) is 0.670. The van der Waals surface area contributed by atoms with Crippen molar-refractivity contribution in [3.05, 3.63) is 45.0 Å². The summed E-state index contributed by atoms with van der Waals surface area (Å²) in [7, 11) is 0. The van der Waals surface area contributed by atoms with Gasteiger partial charge in [0.1, 0.15) is 18.0 Å². The molecule has 6 nitrogen and oxygen atoms in total. The number of nitrogens with zero attached hydrogens (tertiary/aromatic N) is 1. The molecule has 2 aromatic carbocycles. The average molecular weight is 303 g/mol. The van der Waals surface area contributed by atoms with Gasteiger partial charge in [0.2, 0.25) is 0 Å². The third-order valence-electron chi connectivity index (χ3n) is 4.29. The van der Waals surface area contributed by atoms with Crippen LogP contribution in [0.1, 0.15) is 23.1 Å². The molecule has 6 heteroatoms. The number of aryl methyl sites for hydroxylation is 2. The molecule has 2 aromatic rings. The van der Waals surface area contributed by atoms with Crippen molar-refractivity contribution >= 4 is 16.5 Å². The van der Waals surface area contributed by atoms with E-state index in [2.05, 4.69) is 0 Å². The fourth-order valence-electron chi connectivity index (χ4n) is 3.19. The molecule has 1 unspecified atom stereocenters. The molecule has 22 heavy (non-hydrogen) atoms. The zero-order chi connectivity index (χ0) is 16.1. The molecule has 0 bridgehead atoms. The fourth-order valence-corrected chi connectivity index (χ4v) is 3.19. The molecule has 1 atom stereocenters. The van der Waals surface area contributed by atoms with Crippen LogP contribution < -0.4 is 4.74 Å². The van der Waals surface area contributed by atoms with Crippen molar-refractivity contribution in [1.29, 1.82) is 0 Å². The van der Waals surface area contributed by atoms with Gasteiger partial charge in [-0.25, -0.2) is 0 Å². The second-order valence-electron chi connectivity index (χ2n) is 5.77. The average Bonchev–Trinajstić information content (AvgIpc) is 2.45. The van der Waals surface area contributed by atoms with Gasteiger partial charge in [-0.15, -0.1) is 0 Å². The lowest BCUT2D eigenvalue weighted by molar-refractivity contribution is -0.383. The van der Waals surface area contributed by atoms with Gasteiger partial charge >= 0.3 is 0 Å². The largest absolute Gasteiger partial charge is 0.489 e. The van der Waals surface area contributed by atoms with Crippen molar-refractivity contribution in [3.8, 4) is 5.75 Å². The zero-order valence-electron chi connectivity index (χ0n) is 12.4. The van der Waals surface area contributed by atoms with Gasteiger partial charge < -0.3 is 14.9 Å². The molecule has 0 aliphatic carbocycles. The molecule has 0 fully saturated rings. The normalized spacial score (nSPS) is 20.0. The van der Waals surface area contributed by atoms with E-state index in [1.54, 1.807) is 26.0 Å². The lowest BCUT2D eigenvalue weighted by Crippen LogP contribution is -2.37. The Hall–Kier alpha value is -2.18. The molecule has 0 aromatic heterocycles. The first-order valence-electron chi connectivity index (χ1n) is 7.07. The van der Waals surface area contributed by atoms with Crippen LogP contribution in [0, 0.1) is 24.0 Å². The molecular formula is C16H17NO5. The Bertz CT molecular complexity index is 786. The van der Waals surface area contributed by atoms with Crippen molar-refractivity contribution in [2.45, 2.75) is 25.9 Å². The number of aliphatic hydroxyl groups excluding tert-OH is 1. The summed E-state index contributed by atoms with van der Waals surface area (Å²) in [5, 5.41) is 32.5. The summed E-state index contributed by atoms with van der Waals surface area (Å²) in [6.07, 6.45) is 0.117. The Kier molecular flexibility index (Phi) is 3.30. The maximum absolute atomic E-state index is 11.4. The number of nitro benzene ring substituents is 1. The summed E-state index contributed by atoms with van der Waals surface area (Å²) in [6.45, 7) is 3.38. The number of hydrogen-bond donors (Lipinski definition) is 2. The molecule has 1 heterocycles. The zero-order valence-corrected chi connectivity index (χ0v) is 12.4. The third-order valence-corrected chi connectivity index (χ3v) is 4.29. The second kappa shape index (κ2) is 4.93. The minimum Gasteiger partial charge on any atom is -0.489 e. The van der Waals surface area contributed by atoms with Crippen LogP contribution >= 0.6 is 0 Å². The van der Waals surface area contributed by atoms with Gasteiger partial charge in [-0.1, -0.05) is 12.1 Å². The van der Waals surface area contributed by atoms with Crippen molar-refractivity contribution in [2.24, 2.45) is 0 Å². The Morgan fingerprint density at radius 1 is 1.32 bits per heavy atom. The summed E-state index contributed by atoms with van der Waals surface area (Å²) >= 11 is 0. The topological polar surface area (TPSA) is 92.8 Å². The molecular weight excluding hydrogens is 286 g/mol. The summed E-state index contributed by atoms with van der Waals surface area (Å²) in [6, 6.07) is 5.03. The Morgan fingerprint density at radius 3 is 2.68 bits per heavy atom. The molecule has 0 radical (unpaired) electrons. The van der Waals surface area contributed by atoms with E-state index in [1.807, 2.05) is 0 Å². The summed E-state index contributed by atoms with van der Waals surface area (Å²) in [5.74, 6) is 0.571. The number of non-ortho nitro benzene ring substituents is 1. The smallest absolute Gasteiger partial charge is 0.278 e. The fraction of sp³-hybridized carbons (Fsp3) is 0.375. The van der Waals surface area contributed by atoms with Gasteiger partial charge in [-0.2, -0.15) is 0 Å². The van der Waals surface area contributed by atoms with Crippen molar-refractivity contribution in [2.75, 3.05) is 13.2 Å². The minimum absolute atomic E-state index is 0.00690. The molecule has 1 aliphatic rings. The van der Waals surface area contributed by atoms with Crippen LogP contribution in [0.4, 0.5) is 5.69 Å². The number of benzene rings is 2. The van der Waals surface area contributed by atoms with Crippen molar-refractivity contribution < 1.29 is 19.9 Å². The lowest BCUT2D eigenvalue weighted by Gasteiger charge is -2.34. The van der Waals surface area contributed by atoms with Crippen molar-refractivity contribution in [3.63, 3.8) is 0 Å². The van der Waals surface area contributed by atoms with Crippen LogP contribution in [0.5, 0.6) is 5.75 Å². The highest BCUT2D eigenvalue weighted by Gasteiger charge is 2.38. The minimum atomic E-state index is -1.34. The summed E-state index contributed by atoms with van der Waals surface area (Å²) in [5.41, 5.74) is 0.665. The number of rotatable bonds is 3. The maximum Gasteiger partial charge on any atom is 0.278 e. The summed E-state index contributed by atoms with van der Waals surface area (Å²) < 4.78 is 5.70. The first kappa shape index (κ1) is 14.7. The Balaban J connectivity index is 2.46. The lowest BCUT2D eigenvalue weighted by atomic mass is 9.83. The van der Waals surface area contributed by atoms with E-state index in [4.69, 9.17) is 4.74 Å². The molecule has 116 valence electrons. The van der Waals surface area contributed by atoms with Gasteiger partial charge in [0, 0.05) is 24.5 Å². The van der Waals surface area contributed by atoms with E-state index >= 15 is 0 Å². The maximum atomic E-state index is 11.4. The first-order chi connectivity index (χ1) is 10.4. The molecule has 1 aliphatic heterocycles. The number of nitro groups is 1. The first-order valence-corrected chi connectivity index (χ1v) is 7.07. The second-order valence-corrected chi connectivity index (χ2v) is 5.77. The predicted octanol–water partition coefficient (Wildman–Crippen LogP) is 2.33. The highest BCUT2D eigenvalue weighted by Crippen LogP contribution is 2.46. The number of ether oxygens (including phenoxy) is 1. The van der Waals surface area contributed by atoms with E-state index in [1.165, 1.54) is 6.07 Å². The number of aliphatic hydroxyl groups is 2. The monoisotopic (exact) mass is 303 g/mol. The molecule has 0 spiro atoms. The Labute approximate surface area is 127 Å². The van der Waals surface area contributed by atoms with E-state index in [0.29, 0.717) is 27.6 Å². The van der Waals surface area contributed by atoms with E-state index in [-0.39, 0.29) is 25.3 Å². The molecule has 2 N–H and O–H groups in total. The highest BCUT2D eigenvalue weighted by atomic mass is 16.6. The molecule has 0 saturated carbocycles. The molecule has 3 rings (SSSR count). The van der Waals surface area contributed by atoms with Gasteiger partial charge in [-0.05, 0) is 30.5 Å². The van der Waals surface area contributed by atoms with E-state index in [0.717, 1.165) is 5.56 Å². The van der Waals surface area contributed by atoms with Crippen molar-refractivity contribution in [1.82, 2.24) is 0 Å². The van der Waals surface area contributed by atoms with Gasteiger partial charge in [0.25, 0.3) is 5.69 Å². The molecule has 0 amide bonds. The predicted molar refractivity (Wildman–Crippen MR) is 81.2 cm³/mol. The van der Waals surface area contributed by atoms with Crippen LogP contribution in [0.15, 0.2) is 18.2 Å². The van der Waals surface area contributed by atoms with Crippen LogP contribution in [0.2, 0.25) is 0 Å². The van der Waals surface area contributed by atoms with Gasteiger partial charge in [-0.3, -0.25) is 10.1 Å². The standard InChI is InChI=1S/C16H17NO5/c1-9-3-4-11-14-13(9)12(17(20)21)7-10(2)15(14)22-8-16(11,19)5-6-18/h3-4,7,18-19H,5-6,8H2,1-2H3. The van der Waals surface area contributed by atoms with Gasteiger partial charge in [0.15, 0.2) is 0 Å². The van der Waals surface area contributed by atoms with E-state index < -0.39 is 10.5 Å².